The summed E-state index contributed by atoms with van der Waals surface area (Å²) in [5.74, 6) is 0.574. The first-order valence-corrected chi connectivity index (χ1v) is 6.87. The van der Waals surface area contributed by atoms with Gasteiger partial charge in [-0.2, -0.15) is 0 Å². The van der Waals surface area contributed by atoms with E-state index in [0.29, 0.717) is 5.57 Å². The number of allylic oxidation sites excluding steroid dienone is 2. The summed E-state index contributed by atoms with van der Waals surface area (Å²) < 4.78 is 7.10. The van der Waals surface area contributed by atoms with E-state index in [1.165, 1.54) is 12.7 Å². The second kappa shape index (κ2) is 4.81. The van der Waals surface area contributed by atoms with E-state index in [1.807, 2.05) is 25.2 Å². The number of rotatable bonds is 3. The van der Waals surface area contributed by atoms with Crippen LogP contribution in [-0.2, 0) is 9.53 Å². The van der Waals surface area contributed by atoms with Crippen LogP contribution in [0.1, 0.15) is 31.1 Å². The van der Waals surface area contributed by atoms with Crippen molar-refractivity contribution in [2.24, 2.45) is 0 Å². The Hall–Kier alpha value is -2.04. The molecule has 5 heteroatoms. The molecule has 0 N–H and O–H groups in total. The first-order chi connectivity index (χ1) is 9.65. The number of hydrogen-bond acceptors (Lipinski definition) is 4. The largest absolute Gasteiger partial charge is 0.466 e. The van der Waals surface area contributed by atoms with Crippen LogP contribution in [0, 0.1) is 0 Å². The van der Waals surface area contributed by atoms with Crippen molar-refractivity contribution in [3.05, 3.63) is 35.4 Å². The summed E-state index contributed by atoms with van der Waals surface area (Å²) in [7, 11) is 5.30. The van der Waals surface area contributed by atoms with Crippen LogP contribution in [0.5, 0.6) is 0 Å². The second-order valence-corrected chi connectivity index (χ2v) is 5.38. The average molecular weight is 273 g/mol. The van der Waals surface area contributed by atoms with Gasteiger partial charge in [0, 0.05) is 26.5 Å². The number of carbonyl (C=O) groups is 1. The van der Waals surface area contributed by atoms with E-state index in [4.69, 9.17) is 4.74 Å². The van der Waals surface area contributed by atoms with Gasteiger partial charge in [0.1, 0.15) is 0 Å². The van der Waals surface area contributed by atoms with E-state index in [-0.39, 0.29) is 12.0 Å². The quantitative estimate of drug-likeness (QED) is 0.624. The van der Waals surface area contributed by atoms with Crippen molar-refractivity contribution in [1.82, 2.24) is 14.5 Å². The molecule has 0 radical (unpaired) electrons. The van der Waals surface area contributed by atoms with Crippen LogP contribution >= 0.6 is 0 Å². The second-order valence-electron chi connectivity index (χ2n) is 5.38. The van der Waals surface area contributed by atoms with Crippen LogP contribution in [-0.4, -0.2) is 41.6 Å². The van der Waals surface area contributed by atoms with Crippen LogP contribution < -0.4 is 0 Å². The molecule has 1 aromatic heterocycles. The highest BCUT2D eigenvalue weighted by Gasteiger charge is 2.39. The minimum Gasteiger partial charge on any atom is -0.466 e. The molecule has 1 atom stereocenters. The first kappa shape index (κ1) is 13.0. The van der Waals surface area contributed by atoms with Gasteiger partial charge in [-0.05, 0) is 24.8 Å². The molecular weight excluding hydrogens is 254 g/mol. The van der Waals surface area contributed by atoms with Crippen molar-refractivity contribution in [2.75, 3.05) is 21.2 Å². The van der Waals surface area contributed by atoms with E-state index in [0.717, 1.165) is 30.8 Å². The predicted octanol–water partition coefficient (Wildman–Crippen LogP) is 1.99. The zero-order valence-electron chi connectivity index (χ0n) is 12.1. The molecule has 106 valence electrons. The molecule has 20 heavy (non-hydrogen) atoms. The predicted molar refractivity (Wildman–Crippen MR) is 75.8 cm³/mol. The fraction of sp³-hybridized carbons (Fsp3) is 0.467. The van der Waals surface area contributed by atoms with Gasteiger partial charge in [-0.1, -0.05) is 6.08 Å². The molecule has 0 saturated heterocycles. The Kier molecular flexibility index (Phi) is 3.12. The third kappa shape index (κ3) is 1.77. The number of hydrogen-bond donors (Lipinski definition) is 0. The number of imidazole rings is 1. The zero-order valence-corrected chi connectivity index (χ0v) is 12.1. The summed E-state index contributed by atoms with van der Waals surface area (Å²) in [4.78, 5) is 18.6. The molecule has 0 amide bonds. The van der Waals surface area contributed by atoms with Gasteiger partial charge in [-0.3, -0.25) is 0 Å². The van der Waals surface area contributed by atoms with Crippen LogP contribution in [0.2, 0.25) is 0 Å². The third-order valence-electron chi connectivity index (χ3n) is 3.97. The Morgan fingerprint density at radius 1 is 1.50 bits per heavy atom. The number of carbonyl (C=O) groups excluding carboxylic acids is 1. The van der Waals surface area contributed by atoms with Gasteiger partial charge in [0.25, 0.3) is 0 Å². The van der Waals surface area contributed by atoms with Crippen LogP contribution in [0.15, 0.2) is 29.6 Å². The van der Waals surface area contributed by atoms with Crippen LogP contribution in [0.4, 0.5) is 0 Å². The molecule has 2 heterocycles. The molecule has 3 rings (SSSR count). The maximum Gasteiger partial charge on any atom is 0.338 e. The van der Waals surface area contributed by atoms with Crippen molar-refractivity contribution < 1.29 is 9.53 Å². The van der Waals surface area contributed by atoms with Crippen molar-refractivity contribution in [1.29, 1.82) is 0 Å². The van der Waals surface area contributed by atoms with Gasteiger partial charge in [0.15, 0.2) is 5.82 Å². The number of aromatic nitrogens is 2. The first-order valence-electron chi connectivity index (χ1n) is 6.87. The molecule has 1 aromatic rings. The SMILES string of the molecule is COC(=O)C1=C(N(C)C)c2nccn2C1C1=CCCC1. The van der Waals surface area contributed by atoms with Gasteiger partial charge in [-0.15, -0.1) is 0 Å². The Labute approximate surface area is 118 Å². The Morgan fingerprint density at radius 3 is 2.90 bits per heavy atom. The molecule has 0 saturated carbocycles. The minimum absolute atomic E-state index is 0.0557. The lowest BCUT2D eigenvalue weighted by molar-refractivity contribution is -0.136. The van der Waals surface area contributed by atoms with Crippen molar-refractivity contribution in [3.63, 3.8) is 0 Å². The van der Waals surface area contributed by atoms with Crippen molar-refractivity contribution >= 4 is 11.7 Å². The van der Waals surface area contributed by atoms with Gasteiger partial charge >= 0.3 is 5.97 Å². The highest BCUT2D eigenvalue weighted by Crippen LogP contribution is 2.44. The molecule has 1 aliphatic carbocycles. The van der Waals surface area contributed by atoms with Crippen LogP contribution in [0.3, 0.4) is 0 Å². The van der Waals surface area contributed by atoms with E-state index in [1.54, 1.807) is 6.20 Å². The van der Waals surface area contributed by atoms with Gasteiger partial charge in [0.05, 0.1) is 24.4 Å². The molecule has 1 unspecified atom stereocenters. The summed E-state index contributed by atoms with van der Waals surface area (Å²) in [5, 5.41) is 0. The van der Waals surface area contributed by atoms with Crippen LogP contribution in [0.25, 0.3) is 5.70 Å². The lowest BCUT2D eigenvalue weighted by atomic mass is 9.98. The number of nitrogens with zero attached hydrogens (tertiary/aromatic N) is 3. The maximum absolute atomic E-state index is 12.3. The summed E-state index contributed by atoms with van der Waals surface area (Å²) in [5.41, 5.74) is 2.86. The lowest BCUT2D eigenvalue weighted by Gasteiger charge is -2.19. The molecule has 2 aliphatic rings. The summed E-state index contributed by atoms with van der Waals surface area (Å²) in [6.07, 6.45) is 9.25. The summed E-state index contributed by atoms with van der Waals surface area (Å²) >= 11 is 0. The highest BCUT2D eigenvalue weighted by atomic mass is 16.5. The number of fused-ring (bicyclic) bond motifs is 1. The molecule has 5 nitrogen and oxygen atoms in total. The Balaban J connectivity index is 2.18. The number of methoxy groups -OCH3 is 1. The van der Waals surface area contributed by atoms with Crippen molar-refractivity contribution in [3.8, 4) is 0 Å². The summed E-state index contributed by atoms with van der Waals surface area (Å²) in [6, 6.07) is -0.0557. The van der Waals surface area contributed by atoms with E-state index < -0.39 is 0 Å². The molecule has 0 aromatic carbocycles. The fourth-order valence-corrected chi connectivity index (χ4v) is 3.16. The summed E-state index contributed by atoms with van der Waals surface area (Å²) in [6.45, 7) is 0. The lowest BCUT2D eigenvalue weighted by Crippen LogP contribution is -2.18. The normalized spacial score (nSPS) is 20.9. The maximum atomic E-state index is 12.3. The molecule has 1 aliphatic heterocycles. The van der Waals surface area contributed by atoms with Crippen molar-refractivity contribution in [2.45, 2.75) is 25.3 Å². The topological polar surface area (TPSA) is 47.4 Å². The third-order valence-corrected chi connectivity index (χ3v) is 3.97. The monoisotopic (exact) mass is 273 g/mol. The van der Waals surface area contributed by atoms with Gasteiger partial charge in [-0.25, -0.2) is 9.78 Å². The molecule has 0 bridgehead atoms. The van der Waals surface area contributed by atoms with E-state index in [9.17, 15) is 4.79 Å². The highest BCUT2D eigenvalue weighted by molar-refractivity contribution is 5.99. The standard InChI is InChI=1S/C15H19N3O2/c1-17(2)13-11(15(19)20-3)12(10-6-4-5-7-10)18-9-8-16-14(13)18/h6,8-9,12H,4-5,7H2,1-3H3. The molecule has 0 fully saturated rings. The molecular formula is C15H19N3O2. The van der Waals surface area contributed by atoms with Gasteiger partial charge in [0.2, 0.25) is 0 Å². The molecule has 0 spiro atoms. The zero-order chi connectivity index (χ0) is 14.3. The van der Waals surface area contributed by atoms with E-state index >= 15 is 0 Å². The average Bonchev–Trinajstić information content (AvgIpc) is 3.11. The van der Waals surface area contributed by atoms with E-state index in [2.05, 4.69) is 15.6 Å². The smallest absolute Gasteiger partial charge is 0.338 e. The Bertz CT molecular complexity index is 610. The Morgan fingerprint density at radius 2 is 2.30 bits per heavy atom. The van der Waals surface area contributed by atoms with Gasteiger partial charge < -0.3 is 14.2 Å². The minimum atomic E-state index is -0.267. The number of esters is 1. The fourth-order valence-electron chi connectivity index (χ4n) is 3.16. The number of ether oxygens (including phenoxy) is 1.